The predicted octanol–water partition coefficient (Wildman–Crippen LogP) is 0.785. The van der Waals surface area contributed by atoms with E-state index in [1.54, 1.807) is 4.68 Å². The SMILES string of the molecule is CNC(C)CNC(=O)C(C)n1nc(C)cc1C. The van der Waals surface area contributed by atoms with Crippen molar-refractivity contribution in [3.8, 4) is 0 Å². The molecule has 1 amide bonds. The number of rotatable bonds is 5. The quantitative estimate of drug-likeness (QED) is 0.797. The van der Waals surface area contributed by atoms with Crippen molar-refractivity contribution in [3.63, 3.8) is 0 Å². The molecule has 0 radical (unpaired) electrons. The maximum Gasteiger partial charge on any atom is 0.244 e. The van der Waals surface area contributed by atoms with Crippen molar-refractivity contribution in [2.24, 2.45) is 0 Å². The summed E-state index contributed by atoms with van der Waals surface area (Å²) in [5, 5.41) is 10.3. The minimum atomic E-state index is -0.271. The summed E-state index contributed by atoms with van der Waals surface area (Å²) in [5.41, 5.74) is 1.94. The number of aromatic nitrogens is 2. The summed E-state index contributed by atoms with van der Waals surface area (Å²) in [6.45, 7) is 8.39. The minimum absolute atomic E-state index is 0.00157. The van der Waals surface area contributed by atoms with Crippen molar-refractivity contribution in [3.05, 3.63) is 17.5 Å². The van der Waals surface area contributed by atoms with Crippen LogP contribution in [-0.4, -0.2) is 35.3 Å². The molecule has 2 unspecified atom stereocenters. The van der Waals surface area contributed by atoms with Crippen LogP contribution in [-0.2, 0) is 4.79 Å². The Bertz CT molecular complexity index is 386. The number of nitrogens with zero attached hydrogens (tertiary/aromatic N) is 2. The first-order valence-corrected chi connectivity index (χ1v) is 5.93. The Hall–Kier alpha value is -1.36. The van der Waals surface area contributed by atoms with Gasteiger partial charge in [0.1, 0.15) is 6.04 Å². The van der Waals surface area contributed by atoms with Gasteiger partial charge in [-0.25, -0.2) is 0 Å². The first-order chi connectivity index (χ1) is 7.95. The van der Waals surface area contributed by atoms with Crippen LogP contribution in [0.5, 0.6) is 0 Å². The number of aryl methyl sites for hydroxylation is 2. The van der Waals surface area contributed by atoms with Gasteiger partial charge in [0.25, 0.3) is 0 Å². The fraction of sp³-hybridized carbons (Fsp3) is 0.667. The van der Waals surface area contributed by atoms with Gasteiger partial charge in [0.05, 0.1) is 5.69 Å². The van der Waals surface area contributed by atoms with E-state index in [9.17, 15) is 4.79 Å². The standard InChI is InChI=1S/C12H22N4O/c1-8-6-10(3)16(15-8)11(4)12(17)14-7-9(2)13-5/h6,9,11,13H,7H2,1-5H3,(H,14,17). The van der Waals surface area contributed by atoms with Crippen molar-refractivity contribution in [1.29, 1.82) is 0 Å². The summed E-state index contributed by atoms with van der Waals surface area (Å²) in [6.07, 6.45) is 0. The molecule has 2 atom stereocenters. The summed E-state index contributed by atoms with van der Waals surface area (Å²) >= 11 is 0. The number of likely N-dealkylation sites (N-methyl/N-ethyl adjacent to an activating group) is 1. The van der Waals surface area contributed by atoms with Crippen LogP contribution in [0, 0.1) is 13.8 Å². The Balaban J connectivity index is 2.61. The molecule has 0 fully saturated rings. The van der Waals surface area contributed by atoms with Gasteiger partial charge in [-0.1, -0.05) is 0 Å². The van der Waals surface area contributed by atoms with Gasteiger partial charge in [0.15, 0.2) is 0 Å². The van der Waals surface area contributed by atoms with E-state index in [0.29, 0.717) is 6.54 Å². The molecule has 17 heavy (non-hydrogen) atoms. The van der Waals surface area contributed by atoms with Crippen LogP contribution in [0.2, 0.25) is 0 Å². The van der Waals surface area contributed by atoms with Crippen molar-refractivity contribution in [2.45, 2.75) is 39.8 Å². The third-order valence-corrected chi connectivity index (χ3v) is 2.87. The molecule has 5 nitrogen and oxygen atoms in total. The zero-order valence-corrected chi connectivity index (χ0v) is 11.2. The highest BCUT2D eigenvalue weighted by Gasteiger charge is 2.17. The first-order valence-electron chi connectivity index (χ1n) is 5.93. The lowest BCUT2D eigenvalue weighted by Gasteiger charge is -2.16. The van der Waals surface area contributed by atoms with E-state index in [1.807, 2.05) is 40.8 Å². The van der Waals surface area contributed by atoms with Crippen LogP contribution in [0.4, 0.5) is 0 Å². The fourth-order valence-electron chi connectivity index (χ4n) is 1.65. The number of amides is 1. The highest BCUT2D eigenvalue weighted by atomic mass is 16.2. The molecule has 0 aliphatic rings. The molecule has 0 bridgehead atoms. The van der Waals surface area contributed by atoms with Crippen LogP contribution >= 0.6 is 0 Å². The van der Waals surface area contributed by atoms with Crippen LogP contribution in [0.1, 0.15) is 31.3 Å². The zero-order chi connectivity index (χ0) is 13.0. The van der Waals surface area contributed by atoms with Crippen LogP contribution in [0.25, 0.3) is 0 Å². The summed E-state index contributed by atoms with van der Waals surface area (Å²) in [7, 11) is 1.88. The second kappa shape index (κ2) is 5.82. The van der Waals surface area contributed by atoms with Crippen molar-refractivity contribution < 1.29 is 4.79 Å². The fourth-order valence-corrected chi connectivity index (χ4v) is 1.65. The topological polar surface area (TPSA) is 58.9 Å². The molecule has 0 saturated carbocycles. The van der Waals surface area contributed by atoms with Gasteiger partial charge in [-0.05, 0) is 40.8 Å². The highest BCUT2D eigenvalue weighted by Crippen LogP contribution is 2.10. The van der Waals surface area contributed by atoms with Gasteiger partial charge in [0, 0.05) is 18.3 Å². The Morgan fingerprint density at radius 2 is 2.12 bits per heavy atom. The van der Waals surface area contributed by atoms with Crippen LogP contribution < -0.4 is 10.6 Å². The molecule has 2 N–H and O–H groups in total. The average molecular weight is 238 g/mol. The van der Waals surface area contributed by atoms with E-state index < -0.39 is 0 Å². The molecule has 1 aromatic rings. The maximum absolute atomic E-state index is 11.9. The molecule has 0 aliphatic heterocycles. The molecular formula is C12H22N4O. The lowest BCUT2D eigenvalue weighted by molar-refractivity contribution is -0.124. The highest BCUT2D eigenvalue weighted by molar-refractivity contribution is 5.79. The van der Waals surface area contributed by atoms with Gasteiger partial charge in [-0.2, -0.15) is 5.10 Å². The largest absolute Gasteiger partial charge is 0.353 e. The van der Waals surface area contributed by atoms with Crippen molar-refractivity contribution in [1.82, 2.24) is 20.4 Å². The molecule has 5 heteroatoms. The molecule has 1 heterocycles. The van der Waals surface area contributed by atoms with E-state index in [0.717, 1.165) is 11.4 Å². The molecular weight excluding hydrogens is 216 g/mol. The Labute approximate surface area is 103 Å². The molecule has 0 aromatic carbocycles. The van der Waals surface area contributed by atoms with Crippen LogP contribution in [0.15, 0.2) is 6.07 Å². The molecule has 0 aliphatic carbocycles. The maximum atomic E-state index is 11.9. The molecule has 1 aromatic heterocycles. The second-order valence-electron chi connectivity index (χ2n) is 4.48. The van der Waals surface area contributed by atoms with Gasteiger partial charge >= 0.3 is 0 Å². The van der Waals surface area contributed by atoms with E-state index >= 15 is 0 Å². The van der Waals surface area contributed by atoms with Crippen molar-refractivity contribution >= 4 is 5.91 Å². The van der Waals surface area contributed by atoms with Gasteiger partial charge in [0.2, 0.25) is 5.91 Å². The molecule has 0 saturated heterocycles. The lowest BCUT2D eigenvalue weighted by atomic mass is 10.2. The van der Waals surface area contributed by atoms with E-state index in [1.165, 1.54) is 0 Å². The van der Waals surface area contributed by atoms with Crippen molar-refractivity contribution in [2.75, 3.05) is 13.6 Å². The number of nitrogens with one attached hydrogen (secondary N) is 2. The third kappa shape index (κ3) is 3.56. The monoisotopic (exact) mass is 238 g/mol. The number of carbonyl (C=O) groups excluding carboxylic acids is 1. The van der Waals surface area contributed by atoms with Crippen LogP contribution in [0.3, 0.4) is 0 Å². The van der Waals surface area contributed by atoms with E-state index in [-0.39, 0.29) is 18.0 Å². The summed E-state index contributed by atoms with van der Waals surface area (Å²) in [5.74, 6) is -0.00157. The third-order valence-electron chi connectivity index (χ3n) is 2.87. The summed E-state index contributed by atoms with van der Waals surface area (Å²) < 4.78 is 1.76. The first kappa shape index (κ1) is 13.7. The van der Waals surface area contributed by atoms with E-state index in [4.69, 9.17) is 0 Å². The number of hydrogen-bond donors (Lipinski definition) is 2. The smallest absolute Gasteiger partial charge is 0.244 e. The number of hydrogen-bond acceptors (Lipinski definition) is 3. The average Bonchev–Trinajstić information content (AvgIpc) is 2.63. The summed E-state index contributed by atoms with van der Waals surface area (Å²) in [6, 6.07) is 1.97. The Morgan fingerprint density at radius 3 is 2.59 bits per heavy atom. The Kier molecular flexibility index (Phi) is 4.69. The molecule has 1 rings (SSSR count). The normalized spacial score (nSPS) is 14.4. The van der Waals surface area contributed by atoms with Gasteiger partial charge < -0.3 is 10.6 Å². The second-order valence-corrected chi connectivity index (χ2v) is 4.48. The van der Waals surface area contributed by atoms with E-state index in [2.05, 4.69) is 15.7 Å². The zero-order valence-electron chi connectivity index (χ0n) is 11.2. The summed E-state index contributed by atoms with van der Waals surface area (Å²) in [4.78, 5) is 11.9. The Morgan fingerprint density at radius 1 is 1.47 bits per heavy atom. The molecule has 0 spiro atoms. The lowest BCUT2D eigenvalue weighted by Crippen LogP contribution is -2.40. The minimum Gasteiger partial charge on any atom is -0.353 e. The van der Waals surface area contributed by atoms with Gasteiger partial charge in [-0.3, -0.25) is 9.48 Å². The molecule has 96 valence electrons. The number of carbonyl (C=O) groups is 1. The predicted molar refractivity (Wildman–Crippen MR) is 67.9 cm³/mol. The van der Waals surface area contributed by atoms with Gasteiger partial charge in [-0.15, -0.1) is 0 Å².